The normalized spacial score (nSPS) is 16.2. The van der Waals surface area contributed by atoms with Crippen LogP contribution in [0.3, 0.4) is 0 Å². The number of ether oxygens (including phenoxy) is 1. The third kappa shape index (κ3) is 5.86. The summed E-state index contributed by atoms with van der Waals surface area (Å²) in [4.78, 5) is 25.2. The third-order valence-corrected chi connectivity index (χ3v) is 7.50. The minimum absolute atomic E-state index is 0.228. The summed E-state index contributed by atoms with van der Waals surface area (Å²) in [5.41, 5.74) is 0.921. The number of amides is 2. The van der Waals surface area contributed by atoms with E-state index in [0.717, 1.165) is 11.3 Å². The summed E-state index contributed by atoms with van der Waals surface area (Å²) < 4.78 is 32.0. The van der Waals surface area contributed by atoms with E-state index >= 15 is 0 Å². The quantitative estimate of drug-likeness (QED) is 0.628. The number of hydrogen-bond donors (Lipinski definition) is 2. The SMILES string of the molecule is COc1ccc(CNC(=O)[C@H](C)NC(=O)C2CCN(S(=O)(=O)c3ccccc3)CC2)cc1. The lowest BCUT2D eigenvalue weighted by Crippen LogP contribution is -2.49. The van der Waals surface area contributed by atoms with Gasteiger partial charge in [-0.25, -0.2) is 8.42 Å². The van der Waals surface area contributed by atoms with Crippen LogP contribution < -0.4 is 15.4 Å². The minimum atomic E-state index is -3.56. The highest BCUT2D eigenvalue weighted by Crippen LogP contribution is 2.24. The molecule has 1 atom stereocenters. The van der Waals surface area contributed by atoms with Gasteiger partial charge in [0.05, 0.1) is 12.0 Å². The van der Waals surface area contributed by atoms with Gasteiger partial charge in [-0.3, -0.25) is 9.59 Å². The molecule has 2 amide bonds. The molecule has 2 aromatic carbocycles. The highest BCUT2D eigenvalue weighted by atomic mass is 32.2. The van der Waals surface area contributed by atoms with Gasteiger partial charge in [0.1, 0.15) is 11.8 Å². The molecule has 0 bridgehead atoms. The van der Waals surface area contributed by atoms with E-state index < -0.39 is 16.1 Å². The minimum Gasteiger partial charge on any atom is -0.497 e. The summed E-state index contributed by atoms with van der Waals surface area (Å²) in [5.74, 6) is -0.0931. The number of piperidine rings is 1. The lowest BCUT2D eigenvalue weighted by Gasteiger charge is -2.31. The third-order valence-electron chi connectivity index (χ3n) is 5.58. The Balaban J connectivity index is 1.46. The average Bonchev–Trinajstić information content (AvgIpc) is 2.83. The number of nitrogens with zero attached hydrogens (tertiary/aromatic N) is 1. The van der Waals surface area contributed by atoms with Gasteiger partial charge in [-0.1, -0.05) is 30.3 Å². The van der Waals surface area contributed by atoms with E-state index in [1.54, 1.807) is 44.4 Å². The molecule has 0 spiro atoms. The van der Waals surface area contributed by atoms with Crippen molar-refractivity contribution >= 4 is 21.8 Å². The summed E-state index contributed by atoms with van der Waals surface area (Å²) in [6, 6.07) is 15.0. The maximum absolute atomic E-state index is 12.7. The molecule has 0 aromatic heterocycles. The van der Waals surface area contributed by atoms with Crippen LogP contribution in [0.1, 0.15) is 25.3 Å². The van der Waals surface area contributed by atoms with Gasteiger partial charge < -0.3 is 15.4 Å². The largest absolute Gasteiger partial charge is 0.497 e. The van der Waals surface area contributed by atoms with E-state index in [0.29, 0.717) is 19.4 Å². The van der Waals surface area contributed by atoms with E-state index in [2.05, 4.69) is 10.6 Å². The number of sulfonamides is 1. The Labute approximate surface area is 189 Å². The maximum Gasteiger partial charge on any atom is 0.243 e. The molecule has 32 heavy (non-hydrogen) atoms. The van der Waals surface area contributed by atoms with E-state index in [1.165, 1.54) is 4.31 Å². The number of nitrogens with one attached hydrogen (secondary N) is 2. The Morgan fingerprint density at radius 1 is 1.06 bits per heavy atom. The predicted molar refractivity (Wildman–Crippen MR) is 120 cm³/mol. The van der Waals surface area contributed by atoms with Crippen LogP contribution >= 0.6 is 0 Å². The molecule has 1 aliphatic heterocycles. The molecule has 9 heteroatoms. The van der Waals surface area contributed by atoms with Crippen LogP contribution in [-0.2, 0) is 26.2 Å². The second kappa shape index (κ2) is 10.6. The predicted octanol–water partition coefficient (Wildman–Crippen LogP) is 1.92. The lowest BCUT2D eigenvalue weighted by molar-refractivity contribution is -0.131. The smallest absolute Gasteiger partial charge is 0.243 e. The molecular formula is C23H29N3O5S. The Morgan fingerprint density at radius 3 is 2.28 bits per heavy atom. The number of methoxy groups -OCH3 is 1. The van der Waals surface area contributed by atoms with Gasteiger partial charge in [-0.2, -0.15) is 4.31 Å². The van der Waals surface area contributed by atoms with E-state index in [1.807, 2.05) is 24.3 Å². The highest BCUT2D eigenvalue weighted by molar-refractivity contribution is 7.89. The van der Waals surface area contributed by atoms with Crippen LogP contribution in [0.2, 0.25) is 0 Å². The van der Waals surface area contributed by atoms with Gasteiger partial charge in [0, 0.05) is 25.6 Å². The number of carbonyl (C=O) groups excluding carboxylic acids is 2. The van der Waals surface area contributed by atoms with Gasteiger partial charge >= 0.3 is 0 Å². The Bertz CT molecular complexity index is 1020. The zero-order valence-electron chi connectivity index (χ0n) is 18.3. The van der Waals surface area contributed by atoms with Crippen molar-refractivity contribution in [1.29, 1.82) is 0 Å². The fourth-order valence-electron chi connectivity index (χ4n) is 3.58. The van der Waals surface area contributed by atoms with Crippen molar-refractivity contribution in [2.45, 2.75) is 37.2 Å². The molecule has 1 saturated heterocycles. The fourth-order valence-corrected chi connectivity index (χ4v) is 5.07. The Kier molecular flexibility index (Phi) is 7.87. The number of benzene rings is 2. The van der Waals surface area contributed by atoms with Crippen LogP contribution in [0, 0.1) is 5.92 Å². The van der Waals surface area contributed by atoms with Gasteiger partial charge in [0.15, 0.2) is 0 Å². The first-order valence-corrected chi connectivity index (χ1v) is 12.0. The van der Waals surface area contributed by atoms with E-state index in [-0.39, 0.29) is 35.7 Å². The lowest BCUT2D eigenvalue weighted by atomic mass is 9.97. The highest BCUT2D eigenvalue weighted by Gasteiger charge is 2.32. The molecule has 2 aromatic rings. The second-order valence-electron chi connectivity index (χ2n) is 7.79. The summed E-state index contributed by atoms with van der Waals surface area (Å²) >= 11 is 0. The van der Waals surface area contributed by atoms with Crippen molar-refractivity contribution < 1.29 is 22.7 Å². The monoisotopic (exact) mass is 459 g/mol. The van der Waals surface area contributed by atoms with Gasteiger partial charge in [-0.05, 0) is 49.6 Å². The van der Waals surface area contributed by atoms with Crippen molar-refractivity contribution in [2.24, 2.45) is 5.92 Å². The molecule has 0 radical (unpaired) electrons. The number of carbonyl (C=O) groups is 2. The first-order valence-electron chi connectivity index (χ1n) is 10.6. The van der Waals surface area contributed by atoms with Crippen molar-refractivity contribution in [3.8, 4) is 5.75 Å². The Morgan fingerprint density at radius 2 is 1.69 bits per heavy atom. The van der Waals surface area contributed by atoms with Gasteiger partial charge in [-0.15, -0.1) is 0 Å². The molecule has 1 fully saturated rings. The maximum atomic E-state index is 12.7. The fraction of sp³-hybridized carbons (Fsp3) is 0.391. The van der Waals surface area contributed by atoms with Crippen LogP contribution in [0.4, 0.5) is 0 Å². The van der Waals surface area contributed by atoms with E-state index in [9.17, 15) is 18.0 Å². The summed E-state index contributed by atoms with van der Waals surface area (Å²) in [7, 11) is -1.97. The van der Waals surface area contributed by atoms with Gasteiger partial charge in [0.2, 0.25) is 21.8 Å². The van der Waals surface area contributed by atoms with Gasteiger partial charge in [0.25, 0.3) is 0 Å². The molecule has 0 aliphatic carbocycles. The molecule has 0 unspecified atom stereocenters. The molecule has 172 valence electrons. The van der Waals surface area contributed by atoms with Crippen molar-refractivity contribution in [2.75, 3.05) is 20.2 Å². The number of hydrogen-bond acceptors (Lipinski definition) is 5. The molecular weight excluding hydrogens is 430 g/mol. The van der Waals surface area contributed by atoms with Crippen LogP contribution in [0.25, 0.3) is 0 Å². The summed E-state index contributed by atoms with van der Waals surface area (Å²) in [5, 5.41) is 5.56. The molecule has 3 rings (SSSR count). The average molecular weight is 460 g/mol. The van der Waals surface area contributed by atoms with Crippen molar-refractivity contribution in [3.05, 3.63) is 60.2 Å². The first kappa shape index (κ1) is 23.7. The van der Waals surface area contributed by atoms with E-state index in [4.69, 9.17) is 4.74 Å². The first-order chi connectivity index (χ1) is 15.3. The molecule has 1 heterocycles. The number of rotatable bonds is 8. The van der Waals surface area contributed by atoms with Crippen LogP contribution in [0.15, 0.2) is 59.5 Å². The zero-order chi connectivity index (χ0) is 23.1. The molecule has 2 N–H and O–H groups in total. The van der Waals surface area contributed by atoms with Crippen LogP contribution in [0.5, 0.6) is 5.75 Å². The molecule has 0 saturated carbocycles. The van der Waals surface area contributed by atoms with Crippen LogP contribution in [-0.4, -0.2) is 50.8 Å². The second-order valence-corrected chi connectivity index (χ2v) is 9.73. The van der Waals surface area contributed by atoms with Crippen molar-refractivity contribution in [3.63, 3.8) is 0 Å². The topological polar surface area (TPSA) is 105 Å². The summed E-state index contributed by atoms with van der Waals surface area (Å²) in [6.45, 7) is 2.52. The zero-order valence-corrected chi connectivity index (χ0v) is 19.1. The molecule has 1 aliphatic rings. The summed E-state index contributed by atoms with van der Waals surface area (Å²) in [6.07, 6.45) is 0.830. The molecule has 8 nitrogen and oxygen atoms in total. The van der Waals surface area contributed by atoms with Crippen molar-refractivity contribution in [1.82, 2.24) is 14.9 Å². The Hall–Kier alpha value is -2.91. The standard InChI is InChI=1S/C23H29N3O5S/c1-17(22(27)24-16-18-8-10-20(31-2)11-9-18)25-23(28)19-12-14-26(15-13-19)32(29,30)21-6-4-3-5-7-21/h3-11,17,19H,12-16H2,1-2H3,(H,24,27)(H,25,28)/t17-/m0/s1.